The van der Waals surface area contributed by atoms with Gasteiger partial charge in [-0.2, -0.15) is 0 Å². The number of anilines is 2. The van der Waals surface area contributed by atoms with E-state index in [2.05, 4.69) is 0 Å². The van der Waals surface area contributed by atoms with E-state index in [4.69, 9.17) is 20.9 Å². The van der Waals surface area contributed by atoms with E-state index in [1.807, 2.05) is 97.1 Å². The van der Waals surface area contributed by atoms with Crippen molar-refractivity contribution in [3.05, 3.63) is 120 Å². The fourth-order valence-electron chi connectivity index (χ4n) is 3.23. The lowest BCUT2D eigenvalue weighted by Crippen LogP contribution is -2.40. The molecule has 4 aromatic carbocycles. The highest BCUT2D eigenvalue weighted by Gasteiger charge is 2.40. The van der Waals surface area contributed by atoms with Gasteiger partial charge in [0.05, 0.1) is 0 Å². The van der Waals surface area contributed by atoms with Crippen molar-refractivity contribution in [1.29, 1.82) is 0 Å². The van der Waals surface area contributed by atoms with Crippen molar-refractivity contribution in [2.75, 3.05) is 11.5 Å². The lowest BCUT2D eigenvalue weighted by atomic mass is 9.96. The first-order chi connectivity index (χ1) is 14.2. The second-order valence-electron chi connectivity index (χ2n) is 6.70. The Morgan fingerprint density at radius 2 is 0.897 bits per heavy atom. The van der Waals surface area contributed by atoms with Crippen LogP contribution in [0.5, 0.6) is 11.5 Å². The predicted octanol–water partition coefficient (Wildman–Crippen LogP) is 5.21. The molecule has 0 atom stereocenters. The van der Waals surface area contributed by atoms with E-state index >= 15 is 0 Å². The molecule has 0 amide bonds. The van der Waals surface area contributed by atoms with Crippen LogP contribution >= 0.6 is 0 Å². The van der Waals surface area contributed by atoms with Crippen molar-refractivity contribution in [3.63, 3.8) is 0 Å². The van der Waals surface area contributed by atoms with E-state index < -0.39 is 5.79 Å². The molecule has 0 heterocycles. The second kappa shape index (κ2) is 7.98. The summed E-state index contributed by atoms with van der Waals surface area (Å²) in [6.45, 7) is 0. The van der Waals surface area contributed by atoms with Crippen LogP contribution in [0, 0.1) is 0 Å². The first-order valence-electron chi connectivity index (χ1n) is 9.36. The normalized spacial score (nSPS) is 11.0. The van der Waals surface area contributed by atoms with E-state index in [0.29, 0.717) is 22.9 Å². The number of hydrogen-bond acceptors (Lipinski definition) is 4. The van der Waals surface area contributed by atoms with Crippen LogP contribution < -0.4 is 20.9 Å². The SMILES string of the molecule is Nc1cccc(OC(Oc2cccc(N)c2)(c2ccccc2)c2ccccc2)c1. The Hall–Kier alpha value is -3.92. The smallest absolute Gasteiger partial charge is 0.305 e. The van der Waals surface area contributed by atoms with Crippen LogP contribution in [0.2, 0.25) is 0 Å². The summed E-state index contributed by atoms with van der Waals surface area (Å²) < 4.78 is 13.1. The van der Waals surface area contributed by atoms with E-state index in [9.17, 15) is 0 Å². The van der Waals surface area contributed by atoms with Gasteiger partial charge in [0.1, 0.15) is 11.5 Å². The molecule has 0 aliphatic carbocycles. The van der Waals surface area contributed by atoms with Gasteiger partial charge in [-0.25, -0.2) is 0 Å². The third-order valence-electron chi connectivity index (χ3n) is 4.55. The lowest BCUT2D eigenvalue weighted by molar-refractivity contribution is -0.0843. The van der Waals surface area contributed by atoms with Gasteiger partial charge in [0, 0.05) is 34.6 Å². The molecule has 29 heavy (non-hydrogen) atoms. The molecule has 0 fully saturated rings. The fourth-order valence-corrected chi connectivity index (χ4v) is 3.23. The molecular formula is C25H22N2O2. The van der Waals surface area contributed by atoms with Gasteiger partial charge in [0.2, 0.25) is 0 Å². The first-order valence-corrected chi connectivity index (χ1v) is 9.36. The van der Waals surface area contributed by atoms with Crippen LogP contribution in [0.15, 0.2) is 109 Å². The van der Waals surface area contributed by atoms with E-state index in [-0.39, 0.29) is 0 Å². The third kappa shape index (κ3) is 4.01. The zero-order valence-corrected chi connectivity index (χ0v) is 15.9. The molecule has 0 spiro atoms. The molecule has 0 bridgehead atoms. The van der Waals surface area contributed by atoms with Crippen molar-refractivity contribution in [3.8, 4) is 11.5 Å². The highest BCUT2D eigenvalue weighted by Crippen LogP contribution is 2.38. The van der Waals surface area contributed by atoms with Gasteiger partial charge in [0.15, 0.2) is 0 Å². The highest BCUT2D eigenvalue weighted by molar-refractivity contribution is 5.47. The summed E-state index contributed by atoms with van der Waals surface area (Å²) in [6.07, 6.45) is 0. The number of benzene rings is 4. The van der Waals surface area contributed by atoms with E-state index in [1.54, 1.807) is 12.1 Å². The molecule has 144 valence electrons. The molecule has 4 N–H and O–H groups in total. The Morgan fingerprint density at radius 3 is 1.28 bits per heavy atom. The zero-order valence-electron chi connectivity index (χ0n) is 15.9. The maximum atomic E-state index is 6.56. The van der Waals surface area contributed by atoms with Gasteiger partial charge < -0.3 is 20.9 Å². The van der Waals surface area contributed by atoms with Crippen molar-refractivity contribution in [1.82, 2.24) is 0 Å². The molecule has 4 nitrogen and oxygen atoms in total. The van der Waals surface area contributed by atoms with Gasteiger partial charge in [-0.3, -0.25) is 0 Å². The minimum absolute atomic E-state index is 0.599. The zero-order chi connectivity index (χ0) is 20.1. The number of nitrogens with two attached hydrogens (primary N) is 2. The Labute approximate surface area is 170 Å². The van der Waals surface area contributed by atoms with Gasteiger partial charge in [-0.1, -0.05) is 72.8 Å². The summed E-state index contributed by atoms with van der Waals surface area (Å²) in [5.41, 5.74) is 14.9. The van der Waals surface area contributed by atoms with Crippen LogP contribution in [0.4, 0.5) is 11.4 Å². The van der Waals surface area contributed by atoms with Crippen LogP contribution in [-0.2, 0) is 5.79 Å². The molecule has 0 aromatic heterocycles. The number of ether oxygens (including phenoxy) is 2. The largest absolute Gasteiger partial charge is 0.444 e. The molecule has 0 aliphatic rings. The molecule has 4 heteroatoms. The number of nitrogen functional groups attached to an aromatic ring is 2. The second-order valence-corrected chi connectivity index (χ2v) is 6.70. The topological polar surface area (TPSA) is 70.5 Å². The fraction of sp³-hybridized carbons (Fsp3) is 0.0400. The molecule has 0 radical (unpaired) electrons. The van der Waals surface area contributed by atoms with Crippen molar-refractivity contribution < 1.29 is 9.47 Å². The van der Waals surface area contributed by atoms with Crippen molar-refractivity contribution in [2.24, 2.45) is 0 Å². The van der Waals surface area contributed by atoms with Crippen LogP contribution in [0.25, 0.3) is 0 Å². The van der Waals surface area contributed by atoms with Gasteiger partial charge in [-0.15, -0.1) is 0 Å². The lowest BCUT2D eigenvalue weighted by Gasteiger charge is -2.35. The van der Waals surface area contributed by atoms with Gasteiger partial charge >= 0.3 is 5.79 Å². The molecule has 4 rings (SSSR count). The van der Waals surface area contributed by atoms with Crippen LogP contribution in [-0.4, -0.2) is 0 Å². The van der Waals surface area contributed by atoms with Crippen LogP contribution in [0.3, 0.4) is 0 Å². The molecule has 0 aliphatic heterocycles. The Morgan fingerprint density at radius 1 is 0.483 bits per heavy atom. The van der Waals surface area contributed by atoms with Gasteiger partial charge in [0.25, 0.3) is 0 Å². The number of hydrogen-bond donors (Lipinski definition) is 2. The van der Waals surface area contributed by atoms with Gasteiger partial charge in [-0.05, 0) is 24.3 Å². The maximum absolute atomic E-state index is 6.56. The van der Waals surface area contributed by atoms with E-state index in [1.165, 1.54) is 0 Å². The Kier molecular flexibility index (Phi) is 5.08. The monoisotopic (exact) mass is 382 g/mol. The first kappa shape index (κ1) is 18.4. The third-order valence-corrected chi connectivity index (χ3v) is 4.55. The predicted molar refractivity (Wildman–Crippen MR) is 117 cm³/mol. The standard InChI is InChI=1S/C25H22N2O2/c26-21-13-7-15-23(17-21)28-25(19-9-3-1-4-10-19,20-11-5-2-6-12-20)29-24-16-8-14-22(27)18-24/h1-18H,26-27H2. The summed E-state index contributed by atoms with van der Waals surface area (Å²) >= 11 is 0. The summed E-state index contributed by atoms with van der Waals surface area (Å²) in [5.74, 6) is -0.0346. The highest BCUT2D eigenvalue weighted by atomic mass is 16.7. The minimum atomic E-state index is -1.23. The summed E-state index contributed by atoms with van der Waals surface area (Å²) in [6, 6.07) is 34.3. The summed E-state index contributed by atoms with van der Waals surface area (Å²) in [5, 5.41) is 0. The molecular weight excluding hydrogens is 360 g/mol. The molecule has 4 aromatic rings. The summed E-state index contributed by atoms with van der Waals surface area (Å²) in [7, 11) is 0. The number of rotatable bonds is 6. The Balaban J connectivity index is 1.91. The van der Waals surface area contributed by atoms with Crippen molar-refractivity contribution in [2.45, 2.75) is 5.79 Å². The maximum Gasteiger partial charge on any atom is 0.305 e. The quantitative estimate of drug-likeness (QED) is 0.355. The average Bonchev–Trinajstić information content (AvgIpc) is 2.75. The molecule has 0 saturated carbocycles. The summed E-state index contributed by atoms with van der Waals surface area (Å²) in [4.78, 5) is 0. The molecule has 0 saturated heterocycles. The minimum Gasteiger partial charge on any atom is -0.444 e. The average molecular weight is 382 g/mol. The van der Waals surface area contributed by atoms with Crippen molar-refractivity contribution >= 4 is 11.4 Å². The van der Waals surface area contributed by atoms with E-state index in [0.717, 1.165) is 11.1 Å². The Bertz CT molecular complexity index is 993. The van der Waals surface area contributed by atoms with Crippen LogP contribution in [0.1, 0.15) is 11.1 Å². The molecule has 0 unspecified atom stereocenters.